The van der Waals surface area contributed by atoms with Gasteiger partial charge >= 0.3 is 0 Å². The second-order valence-electron chi connectivity index (χ2n) is 5.26. The maximum Gasteiger partial charge on any atom is 0.0100 e. The van der Waals surface area contributed by atoms with E-state index in [2.05, 4.69) is 39.5 Å². The molecule has 1 nitrogen and oxygen atoms in total. The summed E-state index contributed by atoms with van der Waals surface area (Å²) in [6.07, 6.45) is 4.18. The summed E-state index contributed by atoms with van der Waals surface area (Å²) in [6, 6.07) is 1.51. The Labute approximate surface area is 89.9 Å². The van der Waals surface area contributed by atoms with E-state index in [0.717, 1.165) is 23.9 Å². The third-order valence-corrected chi connectivity index (χ3v) is 4.13. The van der Waals surface area contributed by atoms with Crippen molar-refractivity contribution in [2.45, 2.75) is 66.0 Å². The highest BCUT2D eigenvalue weighted by atomic mass is 15.2. The van der Waals surface area contributed by atoms with Crippen molar-refractivity contribution in [2.24, 2.45) is 11.8 Å². The van der Waals surface area contributed by atoms with Gasteiger partial charge in [-0.15, -0.1) is 0 Å². The number of hydrogen-bond donors (Lipinski definition) is 0. The van der Waals surface area contributed by atoms with Gasteiger partial charge in [0, 0.05) is 12.1 Å². The molecule has 1 heterocycles. The first-order valence-electron chi connectivity index (χ1n) is 6.33. The summed E-state index contributed by atoms with van der Waals surface area (Å²) < 4.78 is 0. The van der Waals surface area contributed by atoms with E-state index < -0.39 is 0 Å². The number of piperidine rings is 1. The van der Waals surface area contributed by atoms with E-state index in [0.29, 0.717) is 0 Å². The molecule has 1 aliphatic heterocycles. The Morgan fingerprint density at radius 2 is 1.93 bits per heavy atom. The van der Waals surface area contributed by atoms with Gasteiger partial charge in [-0.1, -0.05) is 20.3 Å². The van der Waals surface area contributed by atoms with Gasteiger partial charge in [0.15, 0.2) is 0 Å². The van der Waals surface area contributed by atoms with E-state index in [1.54, 1.807) is 0 Å². The van der Waals surface area contributed by atoms with Crippen LogP contribution in [0.2, 0.25) is 0 Å². The molecule has 1 heteroatoms. The number of hydrogen-bond acceptors (Lipinski definition) is 1. The zero-order chi connectivity index (χ0) is 10.7. The summed E-state index contributed by atoms with van der Waals surface area (Å²) in [5, 5.41) is 0. The van der Waals surface area contributed by atoms with Crippen molar-refractivity contribution >= 4 is 0 Å². The monoisotopic (exact) mass is 197 g/mol. The lowest BCUT2D eigenvalue weighted by Crippen LogP contribution is -2.48. The second-order valence-corrected chi connectivity index (χ2v) is 5.26. The molecule has 0 aromatic carbocycles. The Kier molecular flexibility index (Phi) is 4.43. The fraction of sp³-hybridized carbons (Fsp3) is 1.00. The van der Waals surface area contributed by atoms with Gasteiger partial charge in [0.1, 0.15) is 0 Å². The zero-order valence-electron chi connectivity index (χ0n) is 10.6. The van der Waals surface area contributed by atoms with Gasteiger partial charge in [0.2, 0.25) is 0 Å². The topological polar surface area (TPSA) is 3.24 Å². The van der Waals surface area contributed by atoms with Crippen LogP contribution in [0.1, 0.15) is 53.9 Å². The van der Waals surface area contributed by atoms with Crippen LogP contribution >= 0.6 is 0 Å². The highest BCUT2D eigenvalue weighted by Crippen LogP contribution is 2.32. The Morgan fingerprint density at radius 1 is 1.29 bits per heavy atom. The molecule has 1 fully saturated rings. The highest BCUT2D eigenvalue weighted by molar-refractivity contribution is 4.85. The summed E-state index contributed by atoms with van der Waals surface area (Å²) in [6.45, 7) is 13.1. The molecule has 3 atom stereocenters. The average molecular weight is 197 g/mol. The van der Waals surface area contributed by atoms with Crippen molar-refractivity contribution < 1.29 is 0 Å². The van der Waals surface area contributed by atoms with Crippen LogP contribution in [0.25, 0.3) is 0 Å². The molecule has 0 spiro atoms. The molecule has 1 rings (SSSR count). The van der Waals surface area contributed by atoms with Crippen molar-refractivity contribution in [3.63, 3.8) is 0 Å². The minimum absolute atomic E-state index is 0.719. The largest absolute Gasteiger partial charge is 0.298 e. The van der Waals surface area contributed by atoms with Crippen molar-refractivity contribution in [3.8, 4) is 0 Å². The second kappa shape index (κ2) is 5.16. The molecule has 0 aliphatic carbocycles. The molecule has 0 aromatic rings. The van der Waals surface area contributed by atoms with Crippen molar-refractivity contribution in [1.29, 1.82) is 0 Å². The first-order chi connectivity index (χ1) is 6.57. The van der Waals surface area contributed by atoms with Crippen LogP contribution in [0.4, 0.5) is 0 Å². The third-order valence-electron chi connectivity index (χ3n) is 4.13. The smallest absolute Gasteiger partial charge is 0.0100 e. The highest BCUT2D eigenvalue weighted by Gasteiger charge is 2.31. The molecule has 84 valence electrons. The van der Waals surface area contributed by atoms with Crippen LogP contribution < -0.4 is 0 Å². The number of nitrogens with zero attached hydrogens (tertiary/aromatic N) is 1. The normalized spacial score (nSPS) is 32.1. The lowest BCUT2D eigenvalue weighted by atomic mass is 9.79. The van der Waals surface area contributed by atoms with Crippen LogP contribution in [0.3, 0.4) is 0 Å². The fourth-order valence-corrected chi connectivity index (χ4v) is 2.99. The minimum atomic E-state index is 0.719. The molecule has 0 bridgehead atoms. The molecule has 1 saturated heterocycles. The Morgan fingerprint density at radius 3 is 2.43 bits per heavy atom. The summed E-state index contributed by atoms with van der Waals surface area (Å²) in [4.78, 5) is 2.68. The van der Waals surface area contributed by atoms with Crippen molar-refractivity contribution in [3.05, 3.63) is 0 Å². The number of likely N-dealkylation sites (tertiary alicyclic amines) is 1. The fourth-order valence-electron chi connectivity index (χ4n) is 2.99. The van der Waals surface area contributed by atoms with Crippen LogP contribution in [0, 0.1) is 11.8 Å². The molecule has 1 aliphatic rings. The van der Waals surface area contributed by atoms with Gasteiger partial charge in [-0.25, -0.2) is 0 Å². The van der Waals surface area contributed by atoms with Crippen LogP contribution in [-0.4, -0.2) is 23.5 Å². The summed E-state index contributed by atoms with van der Waals surface area (Å²) in [5.41, 5.74) is 0. The standard InChI is InChI=1S/C13H27N/c1-6-11(4)13-8-7-9-14(10(2)3)12(13)5/h10-13H,6-9H2,1-5H3/t11?,12-,13-/m0/s1. The van der Waals surface area contributed by atoms with E-state index in [1.807, 2.05) is 0 Å². The van der Waals surface area contributed by atoms with Crippen LogP contribution in [0.5, 0.6) is 0 Å². The quantitative estimate of drug-likeness (QED) is 0.669. The lowest BCUT2D eigenvalue weighted by Gasteiger charge is -2.44. The summed E-state index contributed by atoms with van der Waals surface area (Å²) in [5.74, 6) is 1.82. The van der Waals surface area contributed by atoms with Crippen LogP contribution in [-0.2, 0) is 0 Å². The lowest BCUT2D eigenvalue weighted by molar-refractivity contribution is 0.0495. The Hall–Kier alpha value is -0.0400. The van der Waals surface area contributed by atoms with Gasteiger partial charge < -0.3 is 0 Å². The van der Waals surface area contributed by atoms with Crippen molar-refractivity contribution in [1.82, 2.24) is 4.90 Å². The van der Waals surface area contributed by atoms with Gasteiger partial charge in [-0.3, -0.25) is 4.90 Å². The van der Waals surface area contributed by atoms with Crippen LogP contribution in [0.15, 0.2) is 0 Å². The maximum atomic E-state index is 2.68. The molecule has 0 aromatic heterocycles. The summed E-state index contributed by atoms with van der Waals surface area (Å²) >= 11 is 0. The van der Waals surface area contributed by atoms with Gasteiger partial charge in [0.05, 0.1) is 0 Å². The molecule has 0 N–H and O–H groups in total. The predicted octanol–water partition coefficient (Wildman–Crippen LogP) is 3.54. The maximum absolute atomic E-state index is 2.68. The minimum Gasteiger partial charge on any atom is -0.298 e. The van der Waals surface area contributed by atoms with E-state index in [9.17, 15) is 0 Å². The first-order valence-corrected chi connectivity index (χ1v) is 6.33. The molecule has 0 amide bonds. The molecule has 0 radical (unpaired) electrons. The van der Waals surface area contributed by atoms with Gasteiger partial charge in [-0.05, 0) is 52.0 Å². The summed E-state index contributed by atoms with van der Waals surface area (Å²) in [7, 11) is 0. The molecule has 0 saturated carbocycles. The molecular formula is C13H27N. The zero-order valence-corrected chi connectivity index (χ0v) is 10.6. The van der Waals surface area contributed by atoms with E-state index in [-0.39, 0.29) is 0 Å². The number of rotatable bonds is 3. The van der Waals surface area contributed by atoms with Gasteiger partial charge in [-0.2, -0.15) is 0 Å². The van der Waals surface area contributed by atoms with E-state index >= 15 is 0 Å². The Bertz CT molecular complexity index is 165. The predicted molar refractivity (Wildman–Crippen MR) is 63.5 cm³/mol. The SMILES string of the molecule is CCC(C)[C@@H]1CCCN(C(C)C)[C@H]1C. The van der Waals surface area contributed by atoms with E-state index in [1.165, 1.54) is 25.8 Å². The molecule has 14 heavy (non-hydrogen) atoms. The average Bonchev–Trinajstić information content (AvgIpc) is 2.16. The Balaban J connectivity index is 2.61. The van der Waals surface area contributed by atoms with Crippen molar-refractivity contribution in [2.75, 3.05) is 6.54 Å². The molecular weight excluding hydrogens is 170 g/mol. The molecule has 1 unspecified atom stereocenters. The first kappa shape index (κ1) is 12.0. The van der Waals surface area contributed by atoms with Gasteiger partial charge in [0.25, 0.3) is 0 Å². The third kappa shape index (κ3) is 2.50. The van der Waals surface area contributed by atoms with E-state index in [4.69, 9.17) is 0 Å².